The summed E-state index contributed by atoms with van der Waals surface area (Å²) in [6.07, 6.45) is 3.04. The first kappa shape index (κ1) is 17.5. The number of ether oxygens (including phenoxy) is 2. The molecule has 3 rings (SSSR count). The molecule has 0 unspecified atom stereocenters. The highest BCUT2D eigenvalue weighted by Gasteiger charge is 2.17. The van der Waals surface area contributed by atoms with Crippen LogP contribution in [0.3, 0.4) is 0 Å². The summed E-state index contributed by atoms with van der Waals surface area (Å²) in [5.74, 6) is 1.65. The van der Waals surface area contributed by atoms with Gasteiger partial charge in [-0.3, -0.25) is 0 Å². The number of benzene rings is 1. The molecular weight excluding hydrogens is 387 g/mol. The quantitative estimate of drug-likeness (QED) is 0.508. The van der Waals surface area contributed by atoms with Crippen LogP contribution in [0.25, 0.3) is 11.6 Å². The Kier molecular flexibility index (Phi) is 5.12. The first-order chi connectivity index (χ1) is 12.1. The number of rotatable bonds is 5. The molecule has 0 aliphatic carbocycles. The molecule has 1 N–H and O–H groups in total. The maximum Gasteiger partial charge on any atom is 0.219 e. The standard InChI is InChI=1S/C15H12Cl2N4O3S/c1-22-12-8(6-9(16)13(23-2)11(12)17)7-18-21-14(19-20-15(21)25)10-4-3-5-24-10/h3-7H,1-2H3,(H,20,25)/b18-7-. The van der Waals surface area contributed by atoms with Crippen LogP contribution in [0.5, 0.6) is 11.5 Å². The third-order valence-corrected chi connectivity index (χ3v) is 4.16. The third kappa shape index (κ3) is 3.28. The Bertz CT molecular complexity index is 980. The van der Waals surface area contributed by atoms with E-state index in [0.717, 1.165) is 0 Å². The highest BCUT2D eigenvalue weighted by Crippen LogP contribution is 2.41. The topological polar surface area (TPSA) is 77.6 Å². The van der Waals surface area contributed by atoms with Crippen molar-refractivity contribution < 1.29 is 13.9 Å². The number of nitrogens with zero attached hydrogens (tertiary/aromatic N) is 3. The van der Waals surface area contributed by atoms with Crippen LogP contribution < -0.4 is 9.47 Å². The average Bonchev–Trinajstić information content (AvgIpc) is 3.23. The summed E-state index contributed by atoms with van der Waals surface area (Å²) in [6, 6.07) is 5.12. The van der Waals surface area contributed by atoms with Crippen LogP contribution in [-0.2, 0) is 0 Å². The largest absolute Gasteiger partial charge is 0.494 e. The number of nitrogens with one attached hydrogen (secondary N) is 1. The van der Waals surface area contributed by atoms with Crippen molar-refractivity contribution in [1.29, 1.82) is 0 Å². The summed E-state index contributed by atoms with van der Waals surface area (Å²) < 4.78 is 17.6. The fourth-order valence-electron chi connectivity index (χ4n) is 2.18. The van der Waals surface area contributed by atoms with Crippen LogP contribution in [0.15, 0.2) is 34.0 Å². The summed E-state index contributed by atoms with van der Waals surface area (Å²) >= 11 is 17.6. The van der Waals surface area contributed by atoms with Gasteiger partial charge in [0.05, 0.1) is 31.7 Å². The van der Waals surface area contributed by atoms with Crippen molar-refractivity contribution in [2.24, 2.45) is 5.10 Å². The predicted octanol–water partition coefficient (Wildman–Crippen LogP) is 4.41. The summed E-state index contributed by atoms with van der Waals surface area (Å²) in [4.78, 5) is 0. The smallest absolute Gasteiger partial charge is 0.219 e. The molecule has 0 spiro atoms. The minimum atomic E-state index is 0.251. The van der Waals surface area contributed by atoms with Gasteiger partial charge in [0.1, 0.15) is 10.8 Å². The Morgan fingerprint density at radius 2 is 2.08 bits per heavy atom. The molecule has 3 aromatic rings. The lowest BCUT2D eigenvalue weighted by atomic mass is 10.2. The molecular formula is C15H12Cl2N4O3S. The number of halogens is 2. The van der Waals surface area contributed by atoms with Gasteiger partial charge >= 0.3 is 0 Å². The van der Waals surface area contributed by atoms with E-state index >= 15 is 0 Å². The molecule has 130 valence electrons. The second kappa shape index (κ2) is 7.30. The van der Waals surface area contributed by atoms with Crippen LogP contribution in [0.4, 0.5) is 0 Å². The van der Waals surface area contributed by atoms with E-state index in [1.165, 1.54) is 31.4 Å². The highest BCUT2D eigenvalue weighted by atomic mass is 35.5. The zero-order valence-electron chi connectivity index (χ0n) is 13.1. The van der Waals surface area contributed by atoms with E-state index in [2.05, 4.69) is 15.3 Å². The predicted molar refractivity (Wildman–Crippen MR) is 97.7 cm³/mol. The van der Waals surface area contributed by atoms with Crippen molar-refractivity contribution in [3.63, 3.8) is 0 Å². The molecule has 0 atom stereocenters. The SMILES string of the molecule is COc1c(Cl)cc(/C=N\n2c(-c3ccco3)n[nH]c2=S)c(OC)c1Cl. The highest BCUT2D eigenvalue weighted by molar-refractivity contribution is 7.71. The zero-order chi connectivity index (χ0) is 18.0. The fraction of sp³-hybridized carbons (Fsp3) is 0.133. The number of aromatic amines is 1. The molecule has 0 fully saturated rings. The number of methoxy groups -OCH3 is 2. The first-order valence-corrected chi connectivity index (χ1v) is 8.08. The van der Waals surface area contributed by atoms with Gasteiger partial charge < -0.3 is 13.9 Å². The second-order valence-corrected chi connectivity index (χ2v) is 5.89. The van der Waals surface area contributed by atoms with Gasteiger partial charge in [-0.15, -0.1) is 5.10 Å². The van der Waals surface area contributed by atoms with Gasteiger partial charge in [-0.05, 0) is 30.4 Å². The zero-order valence-corrected chi connectivity index (χ0v) is 15.4. The van der Waals surface area contributed by atoms with Crippen molar-refractivity contribution in [3.8, 4) is 23.1 Å². The fourth-order valence-corrected chi connectivity index (χ4v) is 3.06. The molecule has 2 heterocycles. The lowest BCUT2D eigenvalue weighted by Gasteiger charge is -2.12. The van der Waals surface area contributed by atoms with Gasteiger partial charge in [-0.2, -0.15) is 9.78 Å². The molecule has 25 heavy (non-hydrogen) atoms. The Hall–Kier alpha value is -2.29. The number of hydrogen-bond donors (Lipinski definition) is 1. The number of aromatic nitrogens is 3. The summed E-state index contributed by atoms with van der Waals surface area (Å²) in [6.45, 7) is 0. The maximum absolute atomic E-state index is 6.27. The second-order valence-electron chi connectivity index (χ2n) is 4.71. The van der Waals surface area contributed by atoms with E-state index in [1.54, 1.807) is 18.2 Å². The van der Waals surface area contributed by atoms with Crippen LogP contribution in [0, 0.1) is 4.77 Å². The van der Waals surface area contributed by atoms with Crippen molar-refractivity contribution in [2.45, 2.75) is 0 Å². The van der Waals surface area contributed by atoms with Crippen molar-refractivity contribution in [2.75, 3.05) is 14.2 Å². The van der Waals surface area contributed by atoms with Crippen LogP contribution in [-0.4, -0.2) is 35.3 Å². The number of H-pyrrole nitrogens is 1. The van der Waals surface area contributed by atoms with E-state index in [9.17, 15) is 0 Å². The van der Waals surface area contributed by atoms with Gasteiger partial charge in [0, 0.05) is 5.56 Å². The van der Waals surface area contributed by atoms with E-state index in [-0.39, 0.29) is 5.02 Å². The van der Waals surface area contributed by atoms with Gasteiger partial charge in [-0.25, -0.2) is 5.10 Å². The summed E-state index contributed by atoms with van der Waals surface area (Å²) in [5, 5.41) is 11.7. The molecule has 0 aliphatic heterocycles. The van der Waals surface area contributed by atoms with Crippen molar-refractivity contribution in [3.05, 3.63) is 44.8 Å². The molecule has 0 bridgehead atoms. The van der Waals surface area contributed by atoms with Crippen LogP contribution in [0.1, 0.15) is 5.56 Å². The van der Waals surface area contributed by atoms with E-state index in [0.29, 0.717) is 38.4 Å². The molecule has 10 heteroatoms. The van der Waals surface area contributed by atoms with E-state index < -0.39 is 0 Å². The third-order valence-electron chi connectivity index (χ3n) is 3.27. The molecule has 0 amide bonds. The molecule has 0 radical (unpaired) electrons. The monoisotopic (exact) mass is 398 g/mol. The minimum absolute atomic E-state index is 0.251. The summed E-state index contributed by atoms with van der Waals surface area (Å²) in [5.41, 5.74) is 0.548. The molecule has 1 aromatic carbocycles. The lowest BCUT2D eigenvalue weighted by molar-refractivity contribution is 0.394. The van der Waals surface area contributed by atoms with Gasteiger partial charge in [0.15, 0.2) is 11.5 Å². The Labute approximate surface area is 157 Å². The van der Waals surface area contributed by atoms with Gasteiger partial charge in [0.2, 0.25) is 10.6 Å². The molecule has 7 nitrogen and oxygen atoms in total. The average molecular weight is 399 g/mol. The van der Waals surface area contributed by atoms with Gasteiger partial charge in [-0.1, -0.05) is 23.2 Å². The van der Waals surface area contributed by atoms with Crippen molar-refractivity contribution >= 4 is 41.6 Å². The Morgan fingerprint density at radius 1 is 1.32 bits per heavy atom. The number of hydrogen-bond acceptors (Lipinski definition) is 6. The molecule has 0 aliphatic rings. The first-order valence-electron chi connectivity index (χ1n) is 6.92. The summed E-state index contributed by atoms with van der Waals surface area (Å²) in [7, 11) is 2.96. The van der Waals surface area contributed by atoms with Gasteiger partial charge in [0.25, 0.3) is 0 Å². The number of furan rings is 1. The Balaban J connectivity index is 2.07. The maximum atomic E-state index is 6.27. The molecule has 0 saturated heterocycles. The minimum Gasteiger partial charge on any atom is -0.494 e. The Morgan fingerprint density at radius 3 is 2.72 bits per heavy atom. The molecule has 2 aromatic heterocycles. The van der Waals surface area contributed by atoms with E-state index in [4.69, 9.17) is 49.3 Å². The van der Waals surface area contributed by atoms with E-state index in [1.807, 2.05) is 0 Å². The molecule has 0 saturated carbocycles. The normalized spacial score (nSPS) is 11.2. The lowest BCUT2D eigenvalue weighted by Crippen LogP contribution is -1.98. The van der Waals surface area contributed by atoms with Crippen LogP contribution >= 0.6 is 35.4 Å². The van der Waals surface area contributed by atoms with Crippen molar-refractivity contribution in [1.82, 2.24) is 14.9 Å². The van der Waals surface area contributed by atoms with Crippen LogP contribution in [0.2, 0.25) is 10.0 Å².